The van der Waals surface area contributed by atoms with Crippen molar-refractivity contribution in [2.75, 3.05) is 0 Å². The van der Waals surface area contributed by atoms with Gasteiger partial charge >= 0.3 is 0 Å². The fourth-order valence-corrected chi connectivity index (χ4v) is 3.45. The molecule has 0 radical (unpaired) electrons. The number of hydrogen-bond donors (Lipinski definition) is 0. The lowest BCUT2D eigenvalue weighted by molar-refractivity contribution is 0.300. The van der Waals surface area contributed by atoms with Crippen LogP contribution >= 0.6 is 0 Å². The third-order valence-corrected chi connectivity index (χ3v) is 4.61. The third-order valence-electron chi connectivity index (χ3n) is 4.61. The van der Waals surface area contributed by atoms with Gasteiger partial charge in [-0.3, -0.25) is 0 Å². The van der Waals surface area contributed by atoms with Crippen LogP contribution in [0.5, 0.6) is 0 Å². The second-order valence-corrected chi connectivity index (χ2v) is 5.56. The quantitative estimate of drug-likeness (QED) is 0.586. The summed E-state index contributed by atoms with van der Waals surface area (Å²) in [5.41, 5.74) is 0. The van der Waals surface area contributed by atoms with Gasteiger partial charge in [0, 0.05) is 0 Å². The highest BCUT2D eigenvalue weighted by atomic mass is 14.5. The molecule has 0 aromatic carbocycles. The van der Waals surface area contributed by atoms with Gasteiger partial charge in [0.1, 0.15) is 0 Å². The summed E-state index contributed by atoms with van der Waals surface area (Å²) in [5.74, 6) is 5.79. The molecule has 5 atom stereocenters. The van der Waals surface area contributed by atoms with E-state index in [-0.39, 0.29) is 0 Å². The first-order valence-corrected chi connectivity index (χ1v) is 5.84. The summed E-state index contributed by atoms with van der Waals surface area (Å²) in [7, 11) is 0. The van der Waals surface area contributed by atoms with Crippen LogP contribution in [0.15, 0.2) is 0 Å². The Bertz CT molecular complexity index is 184. The van der Waals surface area contributed by atoms with Gasteiger partial charge in [0.05, 0.1) is 0 Å². The fourth-order valence-electron chi connectivity index (χ4n) is 3.45. The zero-order chi connectivity index (χ0) is 8.13. The summed E-state index contributed by atoms with van der Waals surface area (Å²) < 4.78 is 0. The molecule has 3 rings (SSSR count). The number of fused-ring (bicyclic) bond motifs is 1. The lowest BCUT2D eigenvalue weighted by Gasteiger charge is -2.21. The van der Waals surface area contributed by atoms with E-state index < -0.39 is 0 Å². The topological polar surface area (TPSA) is 0 Å². The second kappa shape index (κ2) is 2.49. The van der Waals surface area contributed by atoms with Gasteiger partial charge in [-0.2, -0.15) is 0 Å². The van der Waals surface area contributed by atoms with Crippen LogP contribution in [-0.4, -0.2) is 0 Å². The molecular weight excluding hydrogens is 144 g/mol. The minimum absolute atomic E-state index is 1.09. The Hall–Kier alpha value is 0. The average Bonchev–Trinajstić information content (AvgIpc) is 2.89. The van der Waals surface area contributed by atoms with Gasteiger partial charge in [-0.15, -0.1) is 0 Å². The lowest BCUT2D eigenvalue weighted by atomic mass is 9.85. The maximum absolute atomic E-state index is 2.43. The van der Waals surface area contributed by atoms with Gasteiger partial charge in [-0.05, 0) is 48.9 Å². The largest absolute Gasteiger partial charge is 0.0622 e. The Morgan fingerprint density at radius 2 is 1.92 bits per heavy atom. The van der Waals surface area contributed by atoms with Crippen molar-refractivity contribution in [3.63, 3.8) is 0 Å². The predicted octanol–water partition coefficient (Wildman–Crippen LogP) is 3.47. The van der Waals surface area contributed by atoms with Crippen molar-refractivity contribution in [1.82, 2.24) is 0 Å². The van der Waals surface area contributed by atoms with Crippen LogP contribution in [0, 0.1) is 29.6 Å². The highest BCUT2D eigenvalue weighted by Crippen LogP contribution is 2.57. The van der Waals surface area contributed by atoms with E-state index in [1.165, 1.54) is 17.8 Å². The summed E-state index contributed by atoms with van der Waals surface area (Å²) in [6, 6.07) is 0. The summed E-state index contributed by atoms with van der Waals surface area (Å²) in [6.45, 7) is 2.43. The molecule has 0 aromatic rings. The third kappa shape index (κ3) is 1.20. The molecule has 3 aliphatic carbocycles. The first kappa shape index (κ1) is 7.41. The van der Waals surface area contributed by atoms with Crippen LogP contribution in [0.2, 0.25) is 0 Å². The van der Waals surface area contributed by atoms with Crippen molar-refractivity contribution in [2.24, 2.45) is 29.6 Å². The maximum Gasteiger partial charge on any atom is -0.0354 e. The first-order valence-electron chi connectivity index (χ1n) is 5.84. The molecule has 3 aliphatic rings. The minimum Gasteiger partial charge on any atom is -0.0622 e. The summed E-state index contributed by atoms with van der Waals surface area (Å²) in [5, 5.41) is 0. The Balaban J connectivity index is 1.55. The summed E-state index contributed by atoms with van der Waals surface area (Å²) in [4.78, 5) is 0. The zero-order valence-corrected chi connectivity index (χ0v) is 8.13. The van der Waals surface area contributed by atoms with E-state index in [2.05, 4.69) is 6.92 Å². The molecule has 0 amide bonds. The molecule has 0 saturated heterocycles. The molecule has 0 spiro atoms. The van der Waals surface area contributed by atoms with Gasteiger partial charge in [-0.1, -0.05) is 26.2 Å². The van der Waals surface area contributed by atoms with E-state index in [4.69, 9.17) is 0 Å². The van der Waals surface area contributed by atoms with E-state index in [0.29, 0.717) is 0 Å². The number of hydrogen-bond acceptors (Lipinski definition) is 0. The van der Waals surface area contributed by atoms with Crippen molar-refractivity contribution in [1.29, 1.82) is 0 Å². The molecule has 0 nitrogen and oxygen atoms in total. The smallest absolute Gasteiger partial charge is 0.0354 e. The standard InChI is InChI=1S/C12H20/c1-8-5-11(8)6-9-3-2-4-10-7-12(9)10/h8-12H,2-7H2,1H3/t8?,9?,10-,11?,12?/m0/s1. The van der Waals surface area contributed by atoms with Crippen LogP contribution < -0.4 is 0 Å². The van der Waals surface area contributed by atoms with Crippen LogP contribution in [0.1, 0.15) is 45.4 Å². The molecule has 68 valence electrons. The Kier molecular flexibility index (Phi) is 1.54. The average molecular weight is 164 g/mol. The maximum atomic E-state index is 2.43. The normalized spacial score (nSPS) is 56.2. The van der Waals surface area contributed by atoms with E-state index in [1.54, 1.807) is 38.5 Å². The minimum atomic E-state index is 1.09. The summed E-state index contributed by atoms with van der Waals surface area (Å²) in [6.07, 6.45) is 9.45. The Morgan fingerprint density at radius 1 is 1.08 bits per heavy atom. The van der Waals surface area contributed by atoms with Crippen molar-refractivity contribution in [3.8, 4) is 0 Å². The van der Waals surface area contributed by atoms with E-state index in [0.717, 1.165) is 11.8 Å². The van der Waals surface area contributed by atoms with Crippen molar-refractivity contribution in [2.45, 2.75) is 45.4 Å². The Morgan fingerprint density at radius 3 is 2.67 bits per heavy atom. The molecular formula is C12H20. The molecule has 4 unspecified atom stereocenters. The zero-order valence-electron chi connectivity index (χ0n) is 8.13. The van der Waals surface area contributed by atoms with E-state index in [1.807, 2.05) is 0 Å². The predicted molar refractivity (Wildman–Crippen MR) is 50.8 cm³/mol. The van der Waals surface area contributed by atoms with Crippen LogP contribution in [-0.2, 0) is 0 Å². The second-order valence-electron chi connectivity index (χ2n) is 5.56. The van der Waals surface area contributed by atoms with Gasteiger partial charge in [0.15, 0.2) is 0 Å². The molecule has 0 N–H and O–H groups in total. The van der Waals surface area contributed by atoms with Crippen molar-refractivity contribution >= 4 is 0 Å². The number of rotatable bonds is 2. The lowest BCUT2D eigenvalue weighted by Crippen LogP contribution is -2.10. The van der Waals surface area contributed by atoms with Crippen LogP contribution in [0.3, 0.4) is 0 Å². The molecule has 0 heterocycles. The fraction of sp³-hybridized carbons (Fsp3) is 1.00. The van der Waals surface area contributed by atoms with Gasteiger partial charge < -0.3 is 0 Å². The summed E-state index contributed by atoms with van der Waals surface area (Å²) >= 11 is 0. The van der Waals surface area contributed by atoms with Crippen LogP contribution in [0.25, 0.3) is 0 Å². The monoisotopic (exact) mass is 164 g/mol. The molecule has 0 bridgehead atoms. The van der Waals surface area contributed by atoms with Crippen molar-refractivity contribution < 1.29 is 0 Å². The molecule has 3 saturated carbocycles. The molecule has 0 aliphatic heterocycles. The molecule has 12 heavy (non-hydrogen) atoms. The highest BCUT2D eigenvalue weighted by Gasteiger charge is 2.47. The highest BCUT2D eigenvalue weighted by molar-refractivity contribution is 4.97. The van der Waals surface area contributed by atoms with Gasteiger partial charge in [-0.25, -0.2) is 0 Å². The van der Waals surface area contributed by atoms with Gasteiger partial charge in [0.25, 0.3) is 0 Å². The molecule has 3 fully saturated rings. The van der Waals surface area contributed by atoms with Crippen molar-refractivity contribution in [3.05, 3.63) is 0 Å². The molecule has 0 aromatic heterocycles. The van der Waals surface area contributed by atoms with E-state index in [9.17, 15) is 0 Å². The molecule has 0 heteroatoms. The van der Waals surface area contributed by atoms with Crippen LogP contribution in [0.4, 0.5) is 0 Å². The SMILES string of the molecule is CC1CC1CC1CCC[C@H]2CC12. The van der Waals surface area contributed by atoms with E-state index >= 15 is 0 Å². The van der Waals surface area contributed by atoms with Gasteiger partial charge in [0.2, 0.25) is 0 Å². The first-order chi connectivity index (χ1) is 5.84. The Labute approximate surface area is 75.7 Å².